The van der Waals surface area contributed by atoms with Crippen LogP contribution in [0.25, 0.3) is 0 Å². The molecule has 0 amide bonds. The van der Waals surface area contributed by atoms with Crippen molar-refractivity contribution in [2.24, 2.45) is 5.41 Å². The molecule has 0 fully saturated rings. The zero-order valence-corrected chi connectivity index (χ0v) is 14.1. The van der Waals surface area contributed by atoms with Crippen molar-refractivity contribution in [3.05, 3.63) is 35.9 Å². The van der Waals surface area contributed by atoms with Crippen molar-refractivity contribution >= 4 is 11.9 Å². The number of hydrogen-bond acceptors (Lipinski definition) is 5. The average molecular weight is 362 g/mol. The first-order valence-corrected chi connectivity index (χ1v) is 7.82. The van der Waals surface area contributed by atoms with Crippen molar-refractivity contribution in [3.8, 4) is 0 Å². The van der Waals surface area contributed by atoms with Crippen molar-refractivity contribution in [1.82, 2.24) is 0 Å². The van der Waals surface area contributed by atoms with Gasteiger partial charge in [0.2, 0.25) is 0 Å². The Labute approximate surface area is 144 Å². The van der Waals surface area contributed by atoms with Gasteiger partial charge in [-0.2, -0.15) is 13.2 Å². The molecule has 0 bridgehead atoms. The summed E-state index contributed by atoms with van der Waals surface area (Å²) in [6.07, 6.45) is -6.08. The van der Waals surface area contributed by atoms with E-state index in [1.165, 1.54) is 13.8 Å². The molecule has 0 saturated carbocycles. The van der Waals surface area contributed by atoms with Crippen molar-refractivity contribution < 1.29 is 37.0 Å². The predicted octanol–water partition coefficient (Wildman–Crippen LogP) is 3.27. The Morgan fingerprint density at radius 1 is 0.960 bits per heavy atom. The van der Waals surface area contributed by atoms with Crippen molar-refractivity contribution in [2.75, 3.05) is 19.8 Å². The summed E-state index contributed by atoms with van der Waals surface area (Å²) < 4.78 is 55.1. The van der Waals surface area contributed by atoms with E-state index in [1.54, 1.807) is 30.3 Å². The van der Waals surface area contributed by atoms with E-state index in [9.17, 15) is 22.8 Å². The molecule has 25 heavy (non-hydrogen) atoms. The molecule has 5 nitrogen and oxygen atoms in total. The highest BCUT2D eigenvalue weighted by Crippen LogP contribution is 2.43. The molecule has 0 aliphatic heterocycles. The first-order valence-electron chi connectivity index (χ1n) is 7.82. The van der Waals surface area contributed by atoms with Gasteiger partial charge in [-0.15, -0.1) is 0 Å². The molecule has 0 aliphatic carbocycles. The third-order valence-electron chi connectivity index (χ3n) is 3.46. The lowest BCUT2D eigenvalue weighted by atomic mass is 9.83. The topological polar surface area (TPSA) is 61.8 Å². The number of ether oxygens (including phenoxy) is 3. The Kier molecular flexibility index (Phi) is 7.89. The normalized spacial score (nSPS) is 11.9. The third kappa shape index (κ3) is 5.19. The van der Waals surface area contributed by atoms with Gasteiger partial charge in [-0.25, -0.2) is 0 Å². The van der Waals surface area contributed by atoms with Gasteiger partial charge in [0.25, 0.3) is 5.41 Å². The Balaban J connectivity index is 2.92. The largest absolute Gasteiger partial charge is 0.465 e. The number of carbonyl (C=O) groups excluding carboxylic acids is 2. The molecule has 0 N–H and O–H groups in total. The molecule has 0 aromatic heterocycles. The molecule has 1 rings (SSSR count). The van der Waals surface area contributed by atoms with Crippen LogP contribution in [0.1, 0.15) is 25.8 Å². The number of rotatable bonds is 9. The smallest absolute Gasteiger partial charge is 0.415 e. The van der Waals surface area contributed by atoms with Gasteiger partial charge < -0.3 is 14.2 Å². The number of esters is 2. The highest BCUT2D eigenvalue weighted by Gasteiger charge is 2.67. The van der Waals surface area contributed by atoms with Gasteiger partial charge in [-0.3, -0.25) is 9.59 Å². The molecule has 140 valence electrons. The summed E-state index contributed by atoms with van der Waals surface area (Å²) >= 11 is 0. The molecular weight excluding hydrogens is 341 g/mol. The summed E-state index contributed by atoms with van der Waals surface area (Å²) in [5, 5.41) is 0. The van der Waals surface area contributed by atoms with Gasteiger partial charge in [0.05, 0.1) is 19.8 Å². The van der Waals surface area contributed by atoms with Crippen LogP contribution in [0.15, 0.2) is 30.3 Å². The van der Waals surface area contributed by atoms with Crippen LogP contribution in [0.4, 0.5) is 13.2 Å². The van der Waals surface area contributed by atoms with E-state index < -0.39 is 36.6 Å². The highest BCUT2D eigenvalue weighted by atomic mass is 19.4. The summed E-state index contributed by atoms with van der Waals surface area (Å²) in [5.41, 5.74) is -2.64. The van der Waals surface area contributed by atoms with Crippen LogP contribution in [0.3, 0.4) is 0 Å². The summed E-state index contributed by atoms with van der Waals surface area (Å²) in [4.78, 5) is 24.0. The Hall–Kier alpha value is -2.09. The minimum Gasteiger partial charge on any atom is -0.465 e. The standard InChI is InChI=1S/C17H21F3O5/c1-3-24-14(21)16(17(18,19)20,15(22)25-4-2)10-11-23-12-13-8-6-5-7-9-13/h5-9H,3-4,10-12H2,1-2H3. The fourth-order valence-electron chi connectivity index (χ4n) is 2.16. The quantitative estimate of drug-likeness (QED) is 0.383. The fourth-order valence-corrected chi connectivity index (χ4v) is 2.16. The number of hydrogen-bond donors (Lipinski definition) is 0. The van der Waals surface area contributed by atoms with Crippen LogP contribution < -0.4 is 0 Å². The molecule has 1 aromatic carbocycles. The van der Waals surface area contributed by atoms with E-state index in [2.05, 4.69) is 9.47 Å². The fraction of sp³-hybridized carbons (Fsp3) is 0.529. The number of alkyl halides is 3. The zero-order chi connectivity index (χ0) is 18.9. The molecule has 0 atom stereocenters. The molecule has 0 aliphatic rings. The minimum absolute atomic E-state index is 0.0560. The average Bonchev–Trinajstić information content (AvgIpc) is 2.55. The van der Waals surface area contributed by atoms with Crippen LogP contribution in [0.2, 0.25) is 0 Å². The second-order valence-electron chi connectivity index (χ2n) is 5.13. The van der Waals surface area contributed by atoms with E-state index in [1.807, 2.05) is 0 Å². The van der Waals surface area contributed by atoms with Crippen molar-refractivity contribution in [1.29, 1.82) is 0 Å². The van der Waals surface area contributed by atoms with E-state index in [4.69, 9.17) is 4.74 Å². The Bertz CT molecular complexity index is 539. The molecule has 8 heteroatoms. The predicted molar refractivity (Wildman–Crippen MR) is 82.5 cm³/mol. The van der Waals surface area contributed by atoms with E-state index in [-0.39, 0.29) is 19.8 Å². The first-order chi connectivity index (χ1) is 11.8. The lowest BCUT2D eigenvalue weighted by Crippen LogP contribution is -2.53. The molecule has 0 saturated heterocycles. The summed E-state index contributed by atoms with van der Waals surface area (Å²) in [5.74, 6) is -3.35. The molecule has 1 aromatic rings. The second kappa shape index (κ2) is 9.41. The minimum atomic E-state index is -5.17. The van der Waals surface area contributed by atoms with Gasteiger partial charge in [0.1, 0.15) is 0 Å². The van der Waals surface area contributed by atoms with Crippen LogP contribution in [-0.4, -0.2) is 37.9 Å². The van der Waals surface area contributed by atoms with Gasteiger partial charge in [0, 0.05) is 13.0 Å². The Morgan fingerprint density at radius 2 is 1.48 bits per heavy atom. The van der Waals surface area contributed by atoms with Gasteiger partial charge in [0.15, 0.2) is 0 Å². The number of benzene rings is 1. The van der Waals surface area contributed by atoms with Crippen LogP contribution in [-0.2, 0) is 30.4 Å². The van der Waals surface area contributed by atoms with Gasteiger partial charge in [-0.05, 0) is 19.4 Å². The summed E-state index contributed by atoms with van der Waals surface area (Å²) in [6, 6.07) is 8.80. The highest BCUT2D eigenvalue weighted by molar-refractivity contribution is 6.01. The second-order valence-corrected chi connectivity index (χ2v) is 5.13. The number of carbonyl (C=O) groups is 2. The lowest BCUT2D eigenvalue weighted by Gasteiger charge is -2.30. The summed E-state index contributed by atoms with van der Waals surface area (Å²) in [7, 11) is 0. The molecule has 0 spiro atoms. The van der Waals surface area contributed by atoms with Crippen molar-refractivity contribution in [2.45, 2.75) is 33.1 Å². The van der Waals surface area contributed by atoms with Gasteiger partial charge in [-0.1, -0.05) is 30.3 Å². The SMILES string of the molecule is CCOC(=O)C(CCOCc1ccccc1)(C(=O)OCC)C(F)(F)F. The van der Waals surface area contributed by atoms with Crippen LogP contribution in [0, 0.1) is 5.41 Å². The van der Waals surface area contributed by atoms with E-state index in [0.29, 0.717) is 0 Å². The summed E-state index contributed by atoms with van der Waals surface area (Å²) in [6.45, 7) is 1.72. The van der Waals surface area contributed by atoms with Gasteiger partial charge >= 0.3 is 18.1 Å². The maximum Gasteiger partial charge on any atom is 0.415 e. The third-order valence-corrected chi connectivity index (χ3v) is 3.46. The van der Waals surface area contributed by atoms with Crippen molar-refractivity contribution in [3.63, 3.8) is 0 Å². The monoisotopic (exact) mass is 362 g/mol. The molecular formula is C17H21F3O5. The molecule has 0 heterocycles. The van der Waals surface area contributed by atoms with E-state index in [0.717, 1.165) is 5.56 Å². The van der Waals surface area contributed by atoms with Crippen LogP contribution >= 0.6 is 0 Å². The molecule has 0 unspecified atom stereocenters. The zero-order valence-electron chi connectivity index (χ0n) is 14.1. The van der Waals surface area contributed by atoms with E-state index >= 15 is 0 Å². The Morgan fingerprint density at radius 3 is 1.92 bits per heavy atom. The number of halogens is 3. The first kappa shape index (κ1) is 21.0. The van der Waals surface area contributed by atoms with Crippen LogP contribution in [0.5, 0.6) is 0 Å². The maximum absolute atomic E-state index is 13.6. The maximum atomic E-state index is 13.6. The lowest BCUT2D eigenvalue weighted by molar-refractivity contribution is -0.244. The molecule has 0 radical (unpaired) electrons.